The summed E-state index contributed by atoms with van der Waals surface area (Å²) in [6, 6.07) is 4.53. The second-order valence-electron chi connectivity index (χ2n) is 9.47. The third-order valence-corrected chi connectivity index (χ3v) is 9.13. The van der Waals surface area contributed by atoms with E-state index in [1.54, 1.807) is 11.0 Å². The van der Waals surface area contributed by atoms with Crippen molar-refractivity contribution < 1.29 is 32.2 Å². The first-order chi connectivity index (χ1) is 16.3. The summed E-state index contributed by atoms with van der Waals surface area (Å²) >= 11 is 0. The molecule has 0 unspecified atom stereocenters. The first kappa shape index (κ1) is 23.5. The number of sulfonamides is 1. The number of rotatable bonds is 4. The van der Waals surface area contributed by atoms with Gasteiger partial charge in [-0.05, 0) is 37.0 Å². The average Bonchev–Trinajstić information content (AvgIpc) is 3.29. The third kappa shape index (κ3) is 4.41. The molecule has 1 aromatic carbocycles. The van der Waals surface area contributed by atoms with Crippen molar-refractivity contribution in [2.45, 2.75) is 43.3 Å². The highest BCUT2D eigenvalue weighted by atomic mass is 32.2. The molecule has 0 saturated carbocycles. The monoisotopic (exact) mass is 493 g/mol. The molecule has 2 amide bonds. The largest absolute Gasteiger partial charge is 0.482 e. The van der Waals surface area contributed by atoms with Gasteiger partial charge in [0.05, 0.1) is 23.8 Å². The molecule has 1 spiro atoms. The van der Waals surface area contributed by atoms with Gasteiger partial charge < -0.3 is 19.1 Å². The van der Waals surface area contributed by atoms with E-state index in [0.717, 1.165) is 12.8 Å². The number of benzene rings is 1. The maximum atomic E-state index is 13.2. The van der Waals surface area contributed by atoms with Gasteiger partial charge in [0, 0.05) is 39.0 Å². The minimum absolute atomic E-state index is 0.104. The maximum absolute atomic E-state index is 13.2. The van der Waals surface area contributed by atoms with Crippen LogP contribution in [0, 0.1) is 5.92 Å². The van der Waals surface area contributed by atoms with Crippen LogP contribution in [0.4, 0.5) is 5.69 Å². The smallest absolute Gasteiger partial charge is 0.265 e. The topological polar surface area (TPSA) is 106 Å². The molecule has 5 rings (SSSR count). The van der Waals surface area contributed by atoms with E-state index in [2.05, 4.69) is 6.92 Å². The molecule has 10 nitrogen and oxygen atoms in total. The van der Waals surface area contributed by atoms with Crippen molar-refractivity contribution in [3.63, 3.8) is 0 Å². The summed E-state index contributed by atoms with van der Waals surface area (Å²) in [6.45, 7) is 4.79. The predicted octanol–water partition coefficient (Wildman–Crippen LogP) is 1.20. The summed E-state index contributed by atoms with van der Waals surface area (Å²) in [5.41, 5.74) is 0.312. The molecule has 3 saturated heterocycles. The quantitative estimate of drug-likeness (QED) is 0.621. The van der Waals surface area contributed by atoms with Crippen molar-refractivity contribution in [1.29, 1.82) is 0 Å². The Labute approximate surface area is 199 Å². The van der Waals surface area contributed by atoms with Crippen LogP contribution >= 0.6 is 0 Å². The molecule has 0 N–H and O–H groups in total. The Hall–Kier alpha value is -2.21. The lowest BCUT2D eigenvalue weighted by Crippen LogP contribution is -2.51. The van der Waals surface area contributed by atoms with Crippen LogP contribution in [-0.2, 0) is 29.1 Å². The van der Waals surface area contributed by atoms with Gasteiger partial charge in [0.2, 0.25) is 15.9 Å². The molecule has 0 bridgehead atoms. The lowest BCUT2D eigenvalue weighted by atomic mass is 10.0. The molecule has 34 heavy (non-hydrogen) atoms. The van der Waals surface area contributed by atoms with Crippen molar-refractivity contribution >= 4 is 27.5 Å². The first-order valence-corrected chi connectivity index (χ1v) is 13.3. The van der Waals surface area contributed by atoms with Gasteiger partial charge in [0.15, 0.2) is 12.4 Å². The van der Waals surface area contributed by atoms with Gasteiger partial charge in [-0.2, -0.15) is 4.31 Å². The summed E-state index contributed by atoms with van der Waals surface area (Å²) in [7, 11) is -3.71. The minimum atomic E-state index is -3.71. The second-order valence-corrected chi connectivity index (χ2v) is 11.4. The Morgan fingerprint density at radius 2 is 1.76 bits per heavy atom. The van der Waals surface area contributed by atoms with Crippen molar-refractivity contribution in [2.24, 2.45) is 5.92 Å². The number of hydrogen-bond donors (Lipinski definition) is 0. The van der Waals surface area contributed by atoms with Gasteiger partial charge in [0.25, 0.3) is 5.91 Å². The van der Waals surface area contributed by atoms with Crippen LogP contribution in [0.15, 0.2) is 23.1 Å². The van der Waals surface area contributed by atoms with Crippen LogP contribution < -0.4 is 9.64 Å². The molecule has 0 aromatic heterocycles. The fourth-order valence-electron chi connectivity index (χ4n) is 5.01. The Morgan fingerprint density at radius 3 is 2.44 bits per heavy atom. The van der Waals surface area contributed by atoms with Crippen LogP contribution in [0.25, 0.3) is 0 Å². The molecule has 0 aliphatic carbocycles. The molecule has 3 fully saturated rings. The van der Waals surface area contributed by atoms with Crippen molar-refractivity contribution in [3.8, 4) is 5.75 Å². The lowest BCUT2D eigenvalue weighted by Gasteiger charge is -2.38. The van der Waals surface area contributed by atoms with Crippen molar-refractivity contribution in [2.75, 3.05) is 57.4 Å². The second kappa shape index (κ2) is 9.10. The van der Waals surface area contributed by atoms with Crippen molar-refractivity contribution in [1.82, 2.24) is 9.21 Å². The van der Waals surface area contributed by atoms with E-state index in [-0.39, 0.29) is 29.9 Å². The standard InChI is InChI=1S/C23H31N3O7S/c1-17-4-8-25(9-5-17)34(29,30)18-2-3-20-19(14-18)26(22(28)16-31-20)15-21(27)24-10-6-23(7-11-24)32-12-13-33-23/h2-3,14,17H,4-13,15-16H2,1H3. The number of amides is 2. The van der Waals surface area contributed by atoms with Gasteiger partial charge in [0.1, 0.15) is 12.3 Å². The molecular weight excluding hydrogens is 462 g/mol. The number of carbonyl (C=O) groups excluding carboxylic acids is 2. The molecule has 0 radical (unpaired) electrons. The number of likely N-dealkylation sites (tertiary alicyclic amines) is 1. The number of fused-ring (bicyclic) bond motifs is 1. The summed E-state index contributed by atoms with van der Waals surface area (Å²) in [6.07, 6.45) is 2.81. The zero-order valence-electron chi connectivity index (χ0n) is 19.4. The molecule has 4 heterocycles. The molecular formula is C23H31N3O7S. The van der Waals surface area contributed by atoms with E-state index < -0.39 is 15.8 Å². The van der Waals surface area contributed by atoms with Crippen molar-refractivity contribution in [3.05, 3.63) is 18.2 Å². The highest BCUT2D eigenvalue weighted by Crippen LogP contribution is 2.36. The summed E-state index contributed by atoms with van der Waals surface area (Å²) in [5, 5.41) is 0. The van der Waals surface area contributed by atoms with Gasteiger partial charge in [-0.3, -0.25) is 14.5 Å². The Bertz CT molecular complexity index is 1050. The van der Waals surface area contributed by atoms with E-state index in [1.165, 1.54) is 21.3 Å². The molecule has 11 heteroatoms. The zero-order chi connectivity index (χ0) is 23.9. The number of ether oxygens (including phenoxy) is 3. The van der Waals surface area contributed by atoms with E-state index in [0.29, 0.717) is 69.6 Å². The summed E-state index contributed by atoms with van der Waals surface area (Å²) in [4.78, 5) is 28.9. The predicted molar refractivity (Wildman–Crippen MR) is 122 cm³/mol. The van der Waals surface area contributed by atoms with Crippen LogP contribution in [0.5, 0.6) is 5.75 Å². The van der Waals surface area contributed by atoms with E-state index >= 15 is 0 Å². The van der Waals surface area contributed by atoms with Gasteiger partial charge in [-0.25, -0.2) is 8.42 Å². The van der Waals surface area contributed by atoms with Crippen LogP contribution in [0.2, 0.25) is 0 Å². The Balaban J connectivity index is 1.33. The fraction of sp³-hybridized carbons (Fsp3) is 0.652. The highest BCUT2D eigenvalue weighted by Gasteiger charge is 2.41. The molecule has 4 aliphatic heterocycles. The number of piperidine rings is 2. The van der Waals surface area contributed by atoms with Crippen LogP contribution in [-0.4, -0.2) is 87.8 Å². The molecule has 186 valence electrons. The van der Waals surface area contributed by atoms with Gasteiger partial charge >= 0.3 is 0 Å². The summed E-state index contributed by atoms with van der Waals surface area (Å²) in [5.74, 6) is -0.276. The van der Waals surface area contributed by atoms with Crippen LogP contribution in [0.1, 0.15) is 32.6 Å². The number of carbonyl (C=O) groups is 2. The van der Waals surface area contributed by atoms with E-state index in [9.17, 15) is 18.0 Å². The zero-order valence-corrected chi connectivity index (χ0v) is 20.2. The fourth-order valence-corrected chi connectivity index (χ4v) is 6.50. The minimum Gasteiger partial charge on any atom is -0.482 e. The average molecular weight is 494 g/mol. The molecule has 4 aliphatic rings. The maximum Gasteiger partial charge on any atom is 0.265 e. The van der Waals surface area contributed by atoms with Crippen LogP contribution in [0.3, 0.4) is 0 Å². The summed E-state index contributed by atoms with van der Waals surface area (Å²) < 4.78 is 44.9. The highest BCUT2D eigenvalue weighted by molar-refractivity contribution is 7.89. The normalized spacial score (nSPS) is 23.7. The SMILES string of the molecule is CC1CCN(S(=O)(=O)c2ccc3c(c2)N(CC(=O)N2CCC4(CC2)OCCO4)C(=O)CO3)CC1. The first-order valence-electron chi connectivity index (χ1n) is 11.9. The molecule has 0 atom stereocenters. The number of hydrogen-bond acceptors (Lipinski definition) is 7. The Morgan fingerprint density at radius 1 is 1.09 bits per heavy atom. The third-order valence-electron chi connectivity index (χ3n) is 7.24. The lowest BCUT2D eigenvalue weighted by molar-refractivity contribution is -0.187. The van der Waals surface area contributed by atoms with Gasteiger partial charge in [-0.1, -0.05) is 6.92 Å². The van der Waals surface area contributed by atoms with Gasteiger partial charge in [-0.15, -0.1) is 0 Å². The molecule has 1 aromatic rings. The van der Waals surface area contributed by atoms with E-state index in [1.807, 2.05) is 0 Å². The number of nitrogens with zero attached hydrogens (tertiary/aromatic N) is 3. The van der Waals surface area contributed by atoms with E-state index in [4.69, 9.17) is 14.2 Å². The number of anilines is 1. The Kier molecular flexibility index (Phi) is 6.30.